The molecule has 6 nitrogen and oxygen atoms in total. The van der Waals surface area contributed by atoms with Gasteiger partial charge < -0.3 is 9.78 Å². The average Bonchev–Trinajstić information content (AvgIpc) is 2.31. The summed E-state index contributed by atoms with van der Waals surface area (Å²) in [6.07, 6.45) is 1.36. The second-order valence-electron chi connectivity index (χ2n) is 10.0. The van der Waals surface area contributed by atoms with Crippen molar-refractivity contribution in [2.24, 2.45) is 21.7 Å². The fourth-order valence-electron chi connectivity index (χ4n) is 3.04. The Bertz CT molecular complexity index is 370. The molecule has 0 bridgehead atoms. The molecule has 0 aromatic heterocycles. The summed E-state index contributed by atoms with van der Waals surface area (Å²) in [5, 5.41) is 16.4. The SMILES string of the molecule is CC(C)(C)CC(C)(C)C(=O)OO.CC(C)(C)CC(C)(C)C(=O)OO. The Balaban J connectivity index is 0. The zero-order valence-corrected chi connectivity index (χ0v) is 16.9. The number of rotatable bonds is 4. The molecule has 0 aromatic rings. The summed E-state index contributed by atoms with van der Waals surface area (Å²) < 4.78 is 0. The van der Waals surface area contributed by atoms with Crippen LogP contribution in [0, 0.1) is 21.7 Å². The van der Waals surface area contributed by atoms with Gasteiger partial charge in [0.15, 0.2) is 0 Å². The normalized spacial score (nSPS) is 12.8. The molecule has 0 atom stereocenters. The maximum atomic E-state index is 11.0. The highest BCUT2D eigenvalue weighted by Gasteiger charge is 2.35. The first kappa shape index (κ1) is 25.1. The van der Waals surface area contributed by atoms with E-state index in [1.165, 1.54) is 0 Å². The molecular weight excluding hydrogens is 312 g/mol. The van der Waals surface area contributed by atoms with Gasteiger partial charge in [0, 0.05) is 0 Å². The molecule has 144 valence electrons. The topological polar surface area (TPSA) is 93.1 Å². The highest BCUT2D eigenvalue weighted by molar-refractivity contribution is 5.75. The van der Waals surface area contributed by atoms with E-state index in [4.69, 9.17) is 10.5 Å². The van der Waals surface area contributed by atoms with E-state index in [0.717, 1.165) is 0 Å². The van der Waals surface area contributed by atoms with Crippen LogP contribution in [0.1, 0.15) is 82.1 Å². The third kappa shape index (κ3) is 11.4. The summed E-state index contributed by atoms with van der Waals surface area (Å²) in [6, 6.07) is 0. The summed E-state index contributed by atoms with van der Waals surface area (Å²) in [7, 11) is 0. The lowest BCUT2D eigenvalue weighted by atomic mass is 9.76. The molecule has 0 spiro atoms. The zero-order valence-electron chi connectivity index (χ0n) is 16.9. The summed E-state index contributed by atoms with van der Waals surface area (Å²) in [6.45, 7) is 19.3. The van der Waals surface area contributed by atoms with Gasteiger partial charge in [-0.1, -0.05) is 41.5 Å². The standard InChI is InChI=1S/2C9H18O3/c2*1-8(2,3)6-9(4,5)7(10)12-11/h2*11H,6H2,1-5H3. The van der Waals surface area contributed by atoms with Crippen LogP contribution in [0.25, 0.3) is 0 Å². The van der Waals surface area contributed by atoms with Crippen LogP contribution in [0.4, 0.5) is 0 Å². The third-order valence-electron chi connectivity index (χ3n) is 3.22. The van der Waals surface area contributed by atoms with E-state index in [0.29, 0.717) is 12.8 Å². The minimum Gasteiger partial charge on any atom is -0.300 e. The maximum absolute atomic E-state index is 11.0. The molecule has 0 amide bonds. The highest BCUT2D eigenvalue weighted by Crippen LogP contribution is 2.34. The van der Waals surface area contributed by atoms with Crippen LogP contribution in [0.15, 0.2) is 0 Å². The Morgan fingerprint density at radius 1 is 0.625 bits per heavy atom. The van der Waals surface area contributed by atoms with E-state index in [1.807, 2.05) is 41.5 Å². The fraction of sp³-hybridized carbons (Fsp3) is 0.889. The van der Waals surface area contributed by atoms with Crippen molar-refractivity contribution in [3.63, 3.8) is 0 Å². The van der Waals surface area contributed by atoms with Crippen LogP contribution < -0.4 is 0 Å². The van der Waals surface area contributed by atoms with Crippen molar-refractivity contribution < 1.29 is 29.9 Å². The Hall–Kier alpha value is -1.14. The van der Waals surface area contributed by atoms with Crippen LogP contribution >= 0.6 is 0 Å². The van der Waals surface area contributed by atoms with E-state index in [1.54, 1.807) is 27.7 Å². The second-order valence-corrected chi connectivity index (χ2v) is 10.0. The lowest BCUT2D eigenvalue weighted by Crippen LogP contribution is -2.30. The van der Waals surface area contributed by atoms with Gasteiger partial charge in [-0.2, -0.15) is 10.5 Å². The highest BCUT2D eigenvalue weighted by atomic mass is 17.1. The third-order valence-corrected chi connectivity index (χ3v) is 3.22. The molecule has 0 aromatic carbocycles. The monoisotopic (exact) mass is 348 g/mol. The molecule has 0 aliphatic rings. The minimum absolute atomic E-state index is 0.0533. The molecule has 2 N–H and O–H groups in total. The molecule has 0 saturated heterocycles. The summed E-state index contributed by atoms with van der Waals surface area (Å²) in [4.78, 5) is 29.5. The van der Waals surface area contributed by atoms with E-state index >= 15 is 0 Å². The van der Waals surface area contributed by atoms with E-state index < -0.39 is 22.8 Å². The van der Waals surface area contributed by atoms with Gasteiger partial charge in [0.2, 0.25) is 0 Å². The fourth-order valence-corrected chi connectivity index (χ4v) is 3.04. The first-order valence-corrected chi connectivity index (χ1v) is 8.10. The van der Waals surface area contributed by atoms with Crippen LogP contribution in [-0.2, 0) is 19.4 Å². The lowest BCUT2D eigenvalue weighted by Gasteiger charge is -2.28. The van der Waals surface area contributed by atoms with Crippen LogP contribution in [0.5, 0.6) is 0 Å². The quantitative estimate of drug-likeness (QED) is 0.552. The number of hydrogen-bond acceptors (Lipinski definition) is 6. The maximum Gasteiger partial charge on any atom is 0.347 e. The molecule has 0 unspecified atom stereocenters. The Morgan fingerprint density at radius 2 is 0.833 bits per heavy atom. The minimum atomic E-state index is -0.618. The van der Waals surface area contributed by atoms with Crippen molar-refractivity contribution in [2.75, 3.05) is 0 Å². The predicted molar refractivity (Wildman–Crippen MR) is 93.1 cm³/mol. The van der Waals surface area contributed by atoms with Gasteiger partial charge >= 0.3 is 11.9 Å². The molecule has 0 aliphatic carbocycles. The smallest absolute Gasteiger partial charge is 0.300 e. The van der Waals surface area contributed by atoms with Gasteiger partial charge in [-0.15, -0.1) is 0 Å². The van der Waals surface area contributed by atoms with Crippen molar-refractivity contribution in [3.05, 3.63) is 0 Å². The molecule has 0 saturated carbocycles. The average molecular weight is 348 g/mol. The molecule has 0 fully saturated rings. The molecule has 0 heterocycles. The van der Waals surface area contributed by atoms with Gasteiger partial charge in [0.05, 0.1) is 10.8 Å². The Labute approximate surface area is 146 Å². The van der Waals surface area contributed by atoms with E-state index in [-0.39, 0.29) is 10.8 Å². The van der Waals surface area contributed by atoms with Crippen LogP contribution in [-0.4, -0.2) is 22.5 Å². The molecular formula is C18H36O6. The lowest BCUT2D eigenvalue weighted by molar-refractivity contribution is -0.245. The van der Waals surface area contributed by atoms with Crippen molar-refractivity contribution in [2.45, 2.75) is 82.1 Å². The van der Waals surface area contributed by atoms with Crippen LogP contribution in [0.2, 0.25) is 0 Å². The van der Waals surface area contributed by atoms with Gasteiger partial charge in [0.1, 0.15) is 0 Å². The first-order valence-electron chi connectivity index (χ1n) is 8.10. The number of carbonyl (C=O) groups is 2. The molecule has 24 heavy (non-hydrogen) atoms. The summed E-state index contributed by atoms with van der Waals surface area (Å²) >= 11 is 0. The predicted octanol–water partition coefficient (Wildman–Crippen LogP) is 4.93. The van der Waals surface area contributed by atoms with Crippen LogP contribution in [0.3, 0.4) is 0 Å². The van der Waals surface area contributed by atoms with Gasteiger partial charge in [-0.05, 0) is 51.4 Å². The molecule has 0 radical (unpaired) electrons. The molecule has 0 aliphatic heterocycles. The van der Waals surface area contributed by atoms with Gasteiger partial charge in [-0.25, -0.2) is 9.59 Å². The van der Waals surface area contributed by atoms with Crippen molar-refractivity contribution in [1.82, 2.24) is 0 Å². The molecule has 6 heteroatoms. The summed E-state index contributed by atoms with van der Waals surface area (Å²) in [5.41, 5.74) is -1.13. The van der Waals surface area contributed by atoms with Crippen molar-refractivity contribution in [3.8, 4) is 0 Å². The number of carbonyl (C=O) groups excluding carboxylic acids is 2. The van der Waals surface area contributed by atoms with Crippen molar-refractivity contribution >= 4 is 11.9 Å². The first-order chi connectivity index (χ1) is 10.4. The summed E-state index contributed by atoms with van der Waals surface area (Å²) in [5.74, 6) is -1.14. The Kier molecular flexibility index (Phi) is 9.21. The van der Waals surface area contributed by atoms with Crippen molar-refractivity contribution in [1.29, 1.82) is 0 Å². The number of hydrogen-bond donors (Lipinski definition) is 2. The van der Waals surface area contributed by atoms with Gasteiger partial charge in [0.25, 0.3) is 0 Å². The zero-order chi connectivity index (χ0) is 20.0. The second kappa shape index (κ2) is 8.81. The Morgan fingerprint density at radius 3 is 0.958 bits per heavy atom. The molecule has 0 rings (SSSR count). The largest absolute Gasteiger partial charge is 0.347 e. The van der Waals surface area contributed by atoms with Gasteiger partial charge in [-0.3, -0.25) is 0 Å². The van der Waals surface area contributed by atoms with E-state index in [9.17, 15) is 9.59 Å². The van der Waals surface area contributed by atoms with E-state index in [2.05, 4.69) is 9.78 Å².